The zero-order chi connectivity index (χ0) is 17.1. The summed E-state index contributed by atoms with van der Waals surface area (Å²) in [5.74, 6) is 0.112. The fourth-order valence-corrected chi connectivity index (χ4v) is 2.26. The van der Waals surface area contributed by atoms with Crippen molar-refractivity contribution in [2.75, 3.05) is 0 Å². The van der Waals surface area contributed by atoms with Gasteiger partial charge in [-0.2, -0.15) is 0 Å². The Morgan fingerprint density at radius 3 is 1.91 bits per heavy atom. The van der Waals surface area contributed by atoms with Gasteiger partial charge in [0.15, 0.2) is 5.78 Å². The number of hydrogen-bond donors (Lipinski definition) is 0. The van der Waals surface area contributed by atoms with Crippen LogP contribution >= 0.6 is 0 Å². The molecule has 0 saturated heterocycles. The van der Waals surface area contributed by atoms with Gasteiger partial charge < -0.3 is 0 Å². The van der Waals surface area contributed by atoms with Crippen molar-refractivity contribution in [3.8, 4) is 11.1 Å². The van der Waals surface area contributed by atoms with Crippen molar-refractivity contribution in [2.24, 2.45) is 0 Å². The maximum Gasteiger partial charge on any atom is 0.159 e. The topological polar surface area (TPSA) is 17.1 Å². The number of benzene rings is 2. The van der Waals surface area contributed by atoms with E-state index >= 15 is 0 Å². The van der Waals surface area contributed by atoms with Crippen molar-refractivity contribution >= 4 is 5.78 Å². The van der Waals surface area contributed by atoms with E-state index in [2.05, 4.69) is 32.0 Å². The van der Waals surface area contributed by atoms with Crippen molar-refractivity contribution in [1.29, 1.82) is 0 Å². The molecule has 1 nitrogen and oxygen atoms in total. The van der Waals surface area contributed by atoms with Crippen LogP contribution in [0.1, 0.15) is 63.0 Å². The molecule has 0 fully saturated rings. The molecule has 0 aliphatic rings. The van der Waals surface area contributed by atoms with Crippen LogP contribution in [0, 0.1) is 6.92 Å². The van der Waals surface area contributed by atoms with E-state index in [4.69, 9.17) is 0 Å². The lowest BCUT2D eigenvalue weighted by Gasteiger charge is -2.10. The van der Waals surface area contributed by atoms with Gasteiger partial charge >= 0.3 is 0 Å². The third kappa shape index (κ3) is 5.14. The Morgan fingerprint density at radius 1 is 0.909 bits per heavy atom. The highest BCUT2D eigenvalue weighted by Crippen LogP contribution is 2.26. The van der Waals surface area contributed by atoms with Crippen LogP contribution in [-0.4, -0.2) is 5.78 Å². The van der Waals surface area contributed by atoms with Gasteiger partial charge in [0, 0.05) is 5.56 Å². The maximum absolute atomic E-state index is 11.3. The first-order valence-corrected chi connectivity index (χ1v) is 8.33. The molecule has 0 spiro atoms. The molecule has 120 valence electrons. The summed E-state index contributed by atoms with van der Waals surface area (Å²) < 4.78 is 0. The fraction of sp³-hybridized carbons (Fsp3) is 0.381. The Balaban J connectivity index is 0.00000102. The molecular weight excluding hydrogens is 268 g/mol. The third-order valence-corrected chi connectivity index (χ3v) is 3.43. The van der Waals surface area contributed by atoms with E-state index < -0.39 is 0 Å². The van der Waals surface area contributed by atoms with Crippen LogP contribution in [-0.2, 0) is 6.42 Å². The molecule has 0 amide bonds. The summed E-state index contributed by atoms with van der Waals surface area (Å²) in [4.78, 5) is 11.3. The second-order valence-electron chi connectivity index (χ2n) is 4.58. The SMILES string of the molecule is CC.CC.CCc1cccc(-c2ccc(C(C)=O)cc2)c1C. The number of hydrogen-bond acceptors (Lipinski definition) is 1. The summed E-state index contributed by atoms with van der Waals surface area (Å²) in [6.07, 6.45) is 1.05. The van der Waals surface area contributed by atoms with Crippen LogP contribution in [0.25, 0.3) is 11.1 Å². The Morgan fingerprint density at radius 2 is 1.45 bits per heavy atom. The highest BCUT2D eigenvalue weighted by Gasteiger charge is 2.05. The number of carbonyl (C=O) groups is 1. The van der Waals surface area contributed by atoms with Crippen molar-refractivity contribution in [2.45, 2.75) is 54.9 Å². The van der Waals surface area contributed by atoms with Crippen LogP contribution in [0.5, 0.6) is 0 Å². The Labute approximate surface area is 136 Å². The van der Waals surface area contributed by atoms with Crippen LogP contribution in [0.3, 0.4) is 0 Å². The normalized spacial score (nSPS) is 9.05. The highest BCUT2D eigenvalue weighted by atomic mass is 16.1. The third-order valence-electron chi connectivity index (χ3n) is 3.43. The molecule has 0 saturated carbocycles. The zero-order valence-corrected chi connectivity index (χ0v) is 15.2. The molecule has 0 aliphatic carbocycles. The molecule has 22 heavy (non-hydrogen) atoms. The van der Waals surface area contributed by atoms with Gasteiger partial charge in [-0.15, -0.1) is 0 Å². The first kappa shape index (κ1) is 20.1. The van der Waals surface area contributed by atoms with Crippen molar-refractivity contribution in [3.63, 3.8) is 0 Å². The lowest BCUT2D eigenvalue weighted by molar-refractivity contribution is 0.101. The van der Waals surface area contributed by atoms with Gasteiger partial charge in [-0.3, -0.25) is 4.79 Å². The summed E-state index contributed by atoms with van der Waals surface area (Å²) in [5.41, 5.74) is 5.90. The summed E-state index contributed by atoms with van der Waals surface area (Å²) in [7, 11) is 0. The van der Waals surface area contributed by atoms with Crippen molar-refractivity contribution in [3.05, 3.63) is 59.2 Å². The van der Waals surface area contributed by atoms with E-state index in [0.29, 0.717) is 0 Å². The molecule has 0 unspecified atom stereocenters. The predicted octanol–water partition coefficient (Wildman–Crippen LogP) is 6.48. The van der Waals surface area contributed by atoms with E-state index in [1.807, 2.05) is 52.0 Å². The van der Waals surface area contributed by atoms with E-state index in [1.165, 1.54) is 22.3 Å². The van der Waals surface area contributed by atoms with E-state index in [9.17, 15) is 4.79 Å². The van der Waals surface area contributed by atoms with Crippen LogP contribution in [0.2, 0.25) is 0 Å². The number of carbonyl (C=O) groups excluding carboxylic acids is 1. The Bertz CT molecular complexity index is 565. The largest absolute Gasteiger partial charge is 0.295 e. The highest BCUT2D eigenvalue weighted by molar-refractivity contribution is 5.94. The average molecular weight is 298 g/mol. The average Bonchev–Trinajstić information content (AvgIpc) is 2.59. The maximum atomic E-state index is 11.3. The lowest BCUT2D eigenvalue weighted by Crippen LogP contribution is -1.93. The molecule has 0 aliphatic heterocycles. The Kier molecular flexibility index (Phi) is 9.86. The molecule has 2 aromatic rings. The fourth-order valence-electron chi connectivity index (χ4n) is 2.26. The standard InChI is InChI=1S/C17H18O.2C2H6/c1-4-14-6-5-7-17(12(14)2)16-10-8-15(9-11-16)13(3)18;2*1-2/h5-11H,4H2,1-3H3;2*1-2H3. The van der Waals surface area contributed by atoms with Gasteiger partial charge in [0.25, 0.3) is 0 Å². The van der Waals surface area contributed by atoms with Gasteiger partial charge in [-0.25, -0.2) is 0 Å². The molecule has 2 rings (SSSR count). The van der Waals surface area contributed by atoms with Gasteiger partial charge in [-0.05, 0) is 42.5 Å². The Hall–Kier alpha value is -1.89. The van der Waals surface area contributed by atoms with Crippen molar-refractivity contribution in [1.82, 2.24) is 0 Å². The monoisotopic (exact) mass is 298 g/mol. The molecule has 2 aromatic carbocycles. The molecule has 0 N–H and O–H groups in total. The number of rotatable bonds is 3. The molecular formula is C21H30O. The number of Topliss-reactive ketones (excluding diaryl/α,β-unsaturated/α-hetero) is 1. The second-order valence-corrected chi connectivity index (χ2v) is 4.58. The zero-order valence-electron chi connectivity index (χ0n) is 15.2. The summed E-state index contributed by atoms with van der Waals surface area (Å²) in [6.45, 7) is 13.9. The number of ketones is 1. The second kappa shape index (κ2) is 10.8. The minimum Gasteiger partial charge on any atom is -0.295 e. The van der Waals surface area contributed by atoms with Crippen LogP contribution in [0.4, 0.5) is 0 Å². The summed E-state index contributed by atoms with van der Waals surface area (Å²) in [6, 6.07) is 14.3. The van der Waals surface area contributed by atoms with Gasteiger partial charge in [0.1, 0.15) is 0 Å². The molecule has 0 aromatic heterocycles. The first-order chi connectivity index (χ1) is 10.6. The van der Waals surface area contributed by atoms with Gasteiger partial charge in [-0.1, -0.05) is 77.1 Å². The summed E-state index contributed by atoms with van der Waals surface area (Å²) in [5, 5.41) is 0. The summed E-state index contributed by atoms with van der Waals surface area (Å²) >= 11 is 0. The minimum absolute atomic E-state index is 0.112. The number of aryl methyl sites for hydroxylation is 1. The van der Waals surface area contributed by atoms with E-state index in [1.54, 1.807) is 6.92 Å². The predicted molar refractivity (Wildman–Crippen MR) is 98.7 cm³/mol. The quantitative estimate of drug-likeness (QED) is 0.593. The molecule has 0 radical (unpaired) electrons. The molecule has 0 bridgehead atoms. The van der Waals surface area contributed by atoms with E-state index in [0.717, 1.165) is 12.0 Å². The van der Waals surface area contributed by atoms with Gasteiger partial charge in [0.05, 0.1) is 0 Å². The van der Waals surface area contributed by atoms with Crippen molar-refractivity contribution < 1.29 is 4.79 Å². The van der Waals surface area contributed by atoms with E-state index in [-0.39, 0.29) is 5.78 Å². The first-order valence-electron chi connectivity index (χ1n) is 8.33. The lowest BCUT2D eigenvalue weighted by atomic mass is 9.94. The smallest absolute Gasteiger partial charge is 0.159 e. The molecule has 0 atom stereocenters. The molecule has 0 heterocycles. The minimum atomic E-state index is 0.112. The van der Waals surface area contributed by atoms with Crippen LogP contribution < -0.4 is 0 Å². The molecule has 1 heteroatoms. The van der Waals surface area contributed by atoms with Gasteiger partial charge in [0.2, 0.25) is 0 Å². The van der Waals surface area contributed by atoms with Crippen LogP contribution in [0.15, 0.2) is 42.5 Å².